The minimum absolute atomic E-state index is 0.233. The van der Waals surface area contributed by atoms with Gasteiger partial charge in [-0.2, -0.15) is 8.42 Å². The molecule has 4 nitrogen and oxygen atoms in total. The van der Waals surface area contributed by atoms with E-state index < -0.39 is 10.1 Å². The predicted molar refractivity (Wildman–Crippen MR) is 98.7 cm³/mol. The lowest BCUT2D eigenvalue weighted by molar-refractivity contribution is -0.697. The number of rotatable bonds is 11. The van der Waals surface area contributed by atoms with E-state index in [-0.39, 0.29) is 11.5 Å². The Labute approximate surface area is 151 Å². The first kappa shape index (κ1) is 19.6. The molecule has 0 fully saturated rings. The van der Waals surface area contributed by atoms with Crippen LogP contribution >= 0.6 is 0 Å². The molecule has 0 radical (unpaired) electrons. The Balaban J connectivity index is 1.52. The van der Waals surface area contributed by atoms with E-state index in [2.05, 4.69) is 17.0 Å². The maximum absolute atomic E-state index is 12.0. The molecule has 1 aromatic heterocycles. The summed E-state index contributed by atoms with van der Waals surface area (Å²) in [6.07, 6.45) is 10.6. The number of hydrogen-bond acceptors (Lipinski definition) is 3. The smallest absolute Gasteiger partial charge is 0.266 e. The normalized spacial score (nSPS) is 11.6. The van der Waals surface area contributed by atoms with Gasteiger partial charge in [-0.05, 0) is 31.9 Å². The Kier molecular flexibility index (Phi) is 8.09. The fraction of sp³-hybridized carbons (Fsp3) is 0.450. The van der Waals surface area contributed by atoms with Crippen LogP contribution in [0.5, 0.6) is 0 Å². The Hall–Kier alpha value is -1.72. The summed E-state index contributed by atoms with van der Waals surface area (Å²) in [6.45, 7) is 3.24. The van der Waals surface area contributed by atoms with E-state index in [4.69, 9.17) is 4.18 Å². The van der Waals surface area contributed by atoms with E-state index in [1.54, 1.807) is 24.3 Å². The van der Waals surface area contributed by atoms with Crippen molar-refractivity contribution in [2.45, 2.75) is 56.9 Å². The molecule has 25 heavy (non-hydrogen) atoms. The van der Waals surface area contributed by atoms with Gasteiger partial charge in [0.1, 0.15) is 6.54 Å². The molecule has 2 rings (SSSR count). The number of unbranched alkanes of at least 4 members (excludes halogenated alkanes) is 5. The zero-order valence-corrected chi connectivity index (χ0v) is 15.7. The Morgan fingerprint density at radius 1 is 0.840 bits per heavy atom. The van der Waals surface area contributed by atoms with Crippen LogP contribution in [0.3, 0.4) is 0 Å². The zero-order valence-electron chi connectivity index (χ0n) is 14.9. The van der Waals surface area contributed by atoms with Crippen molar-refractivity contribution in [3.05, 3.63) is 60.4 Å². The number of hydrogen-bond donors (Lipinski definition) is 0. The van der Waals surface area contributed by atoms with Crippen LogP contribution in [0, 0.1) is 6.92 Å². The van der Waals surface area contributed by atoms with E-state index in [0.29, 0.717) is 0 Å². The van der Waals surface area contributed by atoms with Crippen molar-refractivity contribution >= 4 is 10.1 Å². The maximum atomic E-state index is 12.0. The highest BCUT2D eigenvalue weighted by Gasteiger charge is 2.14. The molecule has 0 unspecified atom stereocenters. The Morgan fingerprint density at radius 2 is 1.44 bits per heavy atom. The molecule has 0 aliphatic rings. The van der Waals surface area contributed by atoms with E-state index in [0.717, 1.165) is 31.4 Å². The number of benzene rings is 1. The van der Waals surface area contributed by atoms with E-state index >= 15 is 0 Å². The molecule has 5 heteroatoms. The third kappa shape index (κ3) is 7.36. The number of nitrogens with zero attached hydrogens (tertiary/aromatic N) is 1. The SMILES string of the molecule is Cc1ccc(S(=O)(=O)OCCCCCCCC[n+]2ccccc2)cc1. The number of aryl methyl sites for hydroxylation is 2. The average Bonchev–Trinajstić information content (AvgIpc) is 2.61. The monoisotopic (exact) mass is 362 g/mol. The van der Waals surface area contributed by atoms with Crippen LogP contribution in [0.15, 0.2) is 59.8 Å². The molecule has 0 saturated heterocycles. The summed E-state index contributed by atoms with van der Waals surface area (Å²) in [4.78, 5) is 0.233. The van der Waals surface area contributed by atoms with Crippen LogP contribution in [0.4, 0.5) is 0 Å². The van der Waals surface area contributed by atoms with Crippen LogP contribution in [0.1, 0.15) is 44.1 Å². The van der Waals surface area contributed by atoms with Crippen molar-refractivity contribution in [2.24, 2.45) is 0 Å². The van der Waals surface area contributed by atoms with Crippen LogP contribution in [-0.4, -0.2) is 15.0 Å². The third-order valence-electron chi connectivity index (χ3n) is 4.14. The lowest BCUT2D eigenvalue weighted by atomic mass is 10.1. The molecule has 0 saturated carbocycles. The summed E-state index contributed by atoms with van der Waals surface area (Å²) in [6, 6.07) is 12.9. The molecule has 0 aliphatic heterocycles. The number of aromatic nitrogens is 1. The molecular formula is C20H28NO3S+. The van der Waals surface area contributed by atoms with Gasteiger partial charge in [0, 0.05) is 18.6 Å². The largest absolute Gasteiger partial charge is 0.296 e. The minimum atomic E-state index is -3.61. The summed E-state index contributed by atoms with van der Waals surface area (Å²) in [5.41, 5.74) is 1.03. The van der Waals surface area contributed by atoms with Gasteiger partial charge in [-0.1, -0.05) is 43.0 Å². The minimum Gasteiger partial charge on any atom is -0.266 e. The summed E-state index contributed by atoms with van der Waals surface area (Å²) in [7, 11) is -3.61. The quantitative estimate of drug-likeness (QED) is 0.344. The second kappa shape index (κ2) is 10.3. The van der Waals surface area contributed by atoms with Crippen LogP contribution in [-0.2, 0) is 20.8 Å². The molecule has 136 valence electrons. The average molecular weight is 363 g/mol. The van der Waals surface area contributed by atoms with Gasteiger partial charge in [0.15, 0.2) is 12.4 Å². The maximum Gasteiger partial charge on any atom is 0.296 e. The first-order chi connectivity index (χ1) is 12.1. The predicted octanol–water partition coefficient (Wildman–Crippen LogP) is 4.03. The van der Waals surface area contributed by atoms with Gasteiger partial charge in [0.25, 0.3) is 10.1 Å². The molecule has 0 bridgehead atoms. The molecule has 2 aromatic rings. The Morgan fingerprint density at radius 3 is 2.12 bits per heavy atom. The van der Waals surface area contributed by atoms with Gasteiger partial charge in [-0.25, -0.2) is 4.57 Å². The molecule has 0 amide bonds. The van der Waals surface area contributed by atoms with Crippen LogP contribution in [0.2, 0.25) is 0 Å². The van der Waals surface area contributed by atoms with Crippen molar-refractivity contribution in [2.75, 3.05) is 6.61 Å². The van der Waals surface area contributed by atoms with Gasteiger partial charge in [0.2, 0.25) is 0 Å². The lowest BCUT2D eigenvalue weighted by Crippen LogP contribution is -2.32. The second-order valence-corrected chi connectivity index (χ2v) is 7.94. The summed E-state index contributed by atoms with van der Waals surface area (Å²) >= 11 is 0. The zero-order chi connectivity index (χ0) is 18.0. The van der Waals surface area contributed by atoms with Crippen LogP contribution < -0.4 is 4.57 Å². The third-order valence-corrected chi connectivity index (χ3v) is 5.46. The molecule has 1 aromatic carbocycles. The molecule has 0 N–H and O–H groups in total. The van der Waals surface area contributed by atoms with Crippen molar-refractivity contribution in [3.63, 3.8) is 0 Å². The first-order valence-corrected chi connectivity index (χ1v) is 10.4. The summed E-state index contributed by atoms with van der Waals surface area (Å²) in [5.74, 6) is 0. The van der Waals surface area contributed by atoms with Crippen molar-refractivity contribution in [1.82, 2.24) is 0 Å². The molecule has 0 spiro atoms. The lowest BCUT2D eigenvalue weighted by Gasteiger charge is -2.06. The van der Waals surface area contributed by atoms with E-state index in [1.165, 1.54) is 19.3 Å². The van der Waals surface area contributed by atoms with Gasteiger partial charge in [-0.15, -0.1) is 0 Å². The topological polar surface area (TPSA) is 47.3 Å². The molecular weight excluding hydrogens is 334 g/mol. The highest BCUT2D eigenvalue weighted by Crippen LogP contribution is 2.14. The highest BCUT2D eigenvalue weighted by molar-refractivity contribution is 7.86. The van der Waals surface area contributed by atoms with E-state index in [1.807, 2.05) is 25.1 Å². The molecule has 0 aliphatic carbocycles. The molecule has 0 atom stereocenters. The highest BCUT2D eigenvalue weighted by atomic mass is 32.2. The summed E-state index contributed by atoms with van der Waals surface area (Å²) in [5, 5.41) is 0. The van der Waals surface area contributed by atoms with Crippen molar-refractivity contribution in [1.29, 1.82) is 0 Å². The Bertz CT molecular complexity index is 712. The molecule has 1 heterocycles. The van der Waals surface area contributed by atoms with Gasteiger partial charge < -0.3 is 0 Å². The first-order valence-electron chi connectivity index (χ1n) is 8.98. The van der Waals surface area contributed by atoms with Crippen molar-refractivity contribution < 1.29 is 17.2 Å². The van der Waals surface area contributed by atoms with Gasteiger partial charge in [-0.3, -0.25) is 4.18 Å². The number of pyridine rings is 1. The van der Waals surface area contributed by atoms with Crippen molar-refractivity contribution in [3.8, 4) is 0 Å². The standard InChI is InChI=1S/C20H28NO3S/c1-19-11-13-20(14-12-19)25(22,23)24-18-10-5-3-2-4-7-15-21-16-8-6-9-17-21/h6,8-9,11-14,16-17H,2-5,7,10,15,18H2,1H3/q+1. The fourth-order valence-corrected chi connectivity index (χ4v) is 3.57. The van der Waals surface area contributed by atoms with Gasteiger partial charge in [0.05, 0.1) is 11.5 Å². The fourth-order valence-electron chi connectivity index (χ4n) is 2.63. The summed E-state index contributed by atoms with van der Waals surface area (Å²) < 4.78 is 31.4. The second-order valence-electron chi connectivity index (χ2n) is 6.32. The van der Waals surface area contributed by atoms with Crippen LogP contribution in [0.25, 0.3) is 0 Å². The van der Waals surface area contributed by atoms with Gasteiger partial charge >= 0.3 is 0 Å². The van der Waals surface area contributed by atoms with E-state index in [9.17, 15) is 8.42 Å².